The number of rotatable bonds is 4. The van der Waals surface area contributed by atoms with Crippen molar-refractivity contribution in [2.24, 2.45) is 0 Å². The highest BCUT2D eigenvalue weighted by atomic mass is 19.1. The number of aromatic nitrogens is 3. The Morgan fingerprint density at radius 3 is 2.48 bits per heavy atom. The molecule has 0 bridgehead atoms. The van der Waals surface area contributed by atoms with Crippen LogP contribution in [0.5, 0.6) is 0 Å². The van der Waals surface area contributed by atoms with Gasteiger partial charge >= 0.3 is 0 Å². The summed E-state index contributed by atoms with van der Waals surface area (Å²) >= 11 is 0. The molecule has 0 saturated heterocycles. The first-order chi connectivity index (χ1) is 14.0. The van der Waals surface area contributed by atoms with Crippen LogP contribution in [0.4, 0.5) is 10.1 Å². The maximum absolute atomic E-state index is 13.7. The summed E-state index contributed by atoms with van der Waals surface area (Å²) in [4.78, 5) is 29.8. The Morgan fingerprint density at radius 2 is 1.76 bits per heavy atom. The van der Waals surface area contributed by atoms with Gasteiger partial charge in [0.05, 0.1) is 11.1 Å². The van der Waals surface area contributed by atoms with E-state index in [4.69, 9.17) is 0 Å². The largest absolute Gasteiger partial charge is 0.322 e. The molecule has 4 rings (SSSR count). The molecule has 0 unspecified atom stereocenters. The van der Waals surface area contributed by atoms with Crippen molar-refractivity contribution >= 4 is 22.6 Å². The Balaban J connectivity index is 1.72. The van der Waals surface area contributed by atoms with E-state index in [1.807, 2.05) is 48.7 Å². The molecule has 0 spiro atoms. The molecule has 146 valence electrons. The number of para-hydroxylation sites is 2. The molecule has 0 aliphatic heterocycles. The summed E-state index contributed by atoms with van der Waals surface area (Å²) in [7, 11) is 0. The lowest BCUT2D eigenvalue weighted by Gasteiger charge is -2.09. The summed E-state index contributed by atoms with van der Waals surface area (Å²) in [5.74, 6) is -1.04. The SMILES string of the molecule is Cc1c(C)n(-c2ccccc2)c2ncn(CC(=O)Nc3ccccc3F)c(=O)c12. The number of nitrogens with zero attached hydrogens (tertiary/aromatic N) is 3. The molecule has 4 aromatic rings. The van der Waals surface area contributed by atoms with Gasteiger partial charge in [-0.15, -0.1) is 0 Å². The number of halogens is 1. The van der Waals surface area contributed by atoms with Crippen LogP contribution in [0, 0.1) is 19.7 Å². The molecule has 2 heterocycles. The lowest BCUT2D eigenvalue weighted by atomic mass is 10.2. The average molecular weight is 390 g/mol. The van der Waals surface area contributed by atoms with Gasteiger partial charge in [-0.05, 0) is 43.7 Å². The standard InChI is InChI=1S/C22H19FN4O2/c1-14-15(2)27(16-8-4-3-5-9-16)21-20(14)22(29)26(13-24-21)12-19(28)25-18-11-7-6-10-17(18)23/h3-11,13H,12H2,1-2H3,(H,25,28). The predicted molar refractivity (Wildman–Crippen MR) is 110 cm³/mol. The van der Waals surface area contributed by atoms with E-state index in [2.05, 4.69) is 10.3 Å². The van der Waals surface area contributed by atoms with E-state index in [0.717, 1.165) is 16.9 Å². The maximum Gasteiger partial charge on any atom is 0.263 e. The lowest BCUT2D eigenvalue weighted by molar-refractivity contribution is -0.116. The van der Waals surface area contributed by atoms with Crippen LogP contribution in [0.3, 0.4) is 0 Å². The van der Waals surface area contributed by atoms with Gasteiger partial charge in [0.1, 0.15) is 18.7 Å². The zero-order valence-corrected chi connectivity index (χ0v) is 16.0. The third-order valence-corrected chi connectivity index (χ3v) is 4.96. The molecular formula is C22H19FN4O2. The second kappa shape index (κ2) is 7.35. The van der Waals surface area contributed by atoms with Gasteiger partial charge in [-0.1, -0.05) is 30.3 Å². The summed E-state index contributed by atoms with van der Waals surface area (Å²) in [5, 5.41) is 2.95. The first-order valence-electron chi connectivity index (χ1n) is 9.14. The Labute approximate surface area is 166 Å². The molecule has 0 aliphatic rings. The normalized spacial score (nSPS) is 11.0. The fourth-order valence-corrected chi connectivity index (χ4v) is 3.40. The summed E-state index contributed by atoms with van der Waals surface area (Å²) < 4.78 is 16.9. The van der Waals surface area contributed by atoms with Gasteiger partial charge in [0.25, 0.3) is 5.56 Å². The number of carbonyl (C=O) groups is 1. The van der Waals surface area contributed by atoms with Crippen molar-refractivity contribution in [2.75, 3.05) is 5.32 Å². The van der Waals surface area contributed by atoms with Crippen molar-refractivity contribution in [2.45, 2.75) is 20.4 Å². The van der Waals surface area contributed by atoms with Crippen LogP contribution in [0.1, 0.15) is 11.3 Å². The van der Waals surface area contributed by atoms with Gasteiger partial charge in [-0.2, -0.15) is 0 Å². The summed E-state index contributed by atoms with van der Waals surface area (Å²) in [5.41, 5.74) is 2.93. The van der Waals surface area contributed by atoms with E-state index in [1.165, 1.54) is 29.1 Å². The van der Waals surface area contributed by atoms with Crippen molar-refractivity contribution in [3.63, 3.8) is 0 Å². The molecule has 2 aromatic heterocycles. The van der Waals surface area contributed by atoms with Gasteiger partial charge in [0, 0.05) is 11.4 Å². The molecule has 6 nitrogen and oxygen atoms in total. The zero-order valence-electron chi connectivity index (χ0n) is 16.0. The van der Waals surface area contributed by atoms with E-state index in [1.54, 1.807) is 6.07 Å². The number of fused-ring (bicyclic) bond motifs is 1. The second-order valence-corrected chi connectivity index (χ2v) is 6.79. The third kappa shape index (κ3) is 3.31. The summed E-state index contributed by atoms with van der Waals surface area (Å²) in [6.45, 7) is 3.54. The minimum atomic E-state index is -0.534. The molecule has 29 heavy (non-hydrogen) atoms. The predicted octanol–water partition coefficient (Wildman–Crippen LogP) is 3.58. The van der Waals surface area contributed by atoms with Crippen molar-refractivity contribution in [3.8, 4) is 5.69 Å². The number of nitrogens with one attached hydrogen (secondary N) is 1. The van der Waals surface area contributed by atoms with Crippen LogP contribution in [0.15, 0.2) is 65.7 Å². The number of carbonyl (C=O) groups excluding carboxylic acids is 1. The molecule has 0 atom stereocenters. The van der Waals surface area contributed by atoms with Crippen molar-refractivity contribution in [1.29, 1.82) is 0 Å². The Hall–Kier alpha value is -3.74. The number of anilines is 1. The van der Waals surface area contributed by atoms with Crippen LogP contribution in [0.2, 0.25) is 0 Å². The zero-order chi connectivity index (χ0) is 20.5. The number of amides is 1. The van der Waals surface area contributed by atoms with Crippen LogP contribution in [-0.2, 0) is 11.3 Å². The number of aryl methyl sites for hydroxylation is 1. The molecule has 1 N–H and O–H groups in total. The van der Waals surface area contributed by atoms with E-state index >= 15 is 0 Å². The van der Waals surface area contributed by atoms with E-state index in [9.17, 15) is 14.0 Å². The van der Waals surface area contributed by atoms with Gasteiger partial charge in [0.2, 0.25) is 5.91 Å². The third-order valence-electron chi connectivity index (χ3n) is 4.96. The molecule has 2 aromatic carbocycles. The van der Waals surface area contributed by atoms with Crippen LogP contribution >= 0.6 is 0 Å². The average Bonchev–Trinajstić information content (AvgIpc) is 2.97. The van der Waals surface area contributed by atoms with E-state index in [0.29, 0.717) is 11.0 Å². The van der Waals surface area contributed by atoms with Crippen molar-refractivity contribution in [3.05, 3.63) is 88.4 Å². The van der Waals surface area contributed by atoms with Crippen LogP contribution in [0.25, 0.3) is 16.7 Å². The molecule has 0 aliphatic carbocycles. The number of hydrogen-bond donors (Lipinski definition) is 1. The van der Waals surface area contributed by atoms with Gasteiger partial charge in [-0.25, -0.2) is 9.37 Å². The van der Waals surface area contributed by atoms with Gasteiger partial charge < -0.3 is 5.32 Å². The fraction of sp³-hybridized carbons (Fsp3) is 0.136. The highest BCUT2D eigenvalue weighted by Gasteiger charge is 2.18. The van der Waals surface area contributed by atoms with Crippen molar-refractivity contribution < 1.29 is 9.18 Å². The smallest absolute Gasteiger partial charge is 0.263 e. The minimum Gasteiger partial charge on any atom is -0.322 e. The lowest BCUT2D eigenvalue weighted by Crippen LogP contribution is -2.28. The molecule has 0 radical (unpaired) electrons. The molecule has 0 saturated carbocycles. The number of hydrogen-bond acceptors (Lipinski definition) is 3. The Morgan fingerprint density at radius 1 is 1.07 bits per heavy atom. The second-order valence-electron chi connectivity index (χ2n) is 6.79. The molecular weight excluding hydrogens is 371 g/mol. The summed E-state index contributed by atoms with van der Waals surface area (Å²) in [6.07, 6.45) is 1.35. The number of benzene rings is 2. The van der Waals surface area contributed by atoms with Crippen LogP contribution < -0.4 is 10.9 Å². The molecule has 0 fully saturated rings. The van der Waals surface area contributed by atoms with E-state index < -0.39 is 11.7 Å². The monoisotopic (exact) mass is 390 g/mol. The summed E-state index contributed by atoms with van der Waals surface area (Å²) in [6, 6.07) is 15.5. The van der Waals surface area contributed by atoms with E-state index in [-0.39, 0.29) is 17.8 Å². The van der Waals surface area contributed by atoms with Crippen LogP contribution in [-0.4, -0.2) is 20.0 Å². The first kappa shape index (κ1) is 18.6. The highest BCUT2D eigenvalue weighted by Crippen LogP contribution is 2.24. The topological polar surface area (TPSA) is 68.9 Å². The minimum absolute atomic E-state index is 0.0711. The Bertz CT molecular complexity index is 1280. The molecule has 1 amide bonds. The Kier molecular flexibility index (Phi) is 4.72. The molecule has 7 heteroatoms. The van der Waals surface area contributed by atoms with Gasteiger partial charge in [0.15, 0.2) is 5.65 Å². The van der Waals surface area contributed by atoms with Crippen molar-refractivity contribution in [1.82, 2.24) is 14.1 Å². The maximum atomic E-state index is 13.7. The first-order valence-corrected chi connectivity index (χ1v) is 9.14. The quantitative estimate of drug-likeness (QED) is 0.579. The fourth-order valence-electron chi connectivity index (χ4n) is 3.40. The van der Waals surface area contributed by atoms with Gasteiger partial charge in [-0.3, -0.25) is 18.7 Å². The highest BCUT2D eigenvalue weighted by molar-refractivity contribution is 5.91.